The summed E-state index contributed by atoms with van der Waals surface area (Å²) in [5.74, 6) is -1.07. The van der Waals surface area contributed by atoms with Crippen LogP contribution in [0.2, 0.25) is 0 Å². The van der Waals surface area contributed by atoms with Crippen molar-refractivity contribution in [2.75, 3.05) is 11.4 Å². The summed E-state index contributed by atoms with van der Waals surface area (Å²) >= 11 is 0. The van der Waals surface area contributed by atoms with Crippen LogP contribution in [0.25, 0.3) is 6.08 Å². The molecule has 1 atom stereocenters. The Bertz CT molecular complexity index is 835. The van der Waals surface area contributed by atoms with E-state index in [1.165, 1.54) is 6.08 Å². The quantitative estimate of drug-likeness (QED) is 0.789. The first-order chi connectivity index (χ1) is 12.2. The highest BCUT2D eigenvalue weighted by Gasteiger charge is 2.21. The number of anilines is 1. The van der Waals surface area contributed by atoms with Gasteiger partial charge in [0.15, 0.2) is 11.7 Å². The Kier molecular flexibility index (Phi) is 5.00. The van der Waals surface area contributed by atoms with Gasteiger partial charge in [-0.3, -0.25) is 14.6 Å². The van der Waals surface area contributed by atoms with Gasteiger partial charge in [0.1, 0.15) is 0 Å². The molecule has 0 saturated carbocycles. The Balaban J connectivity index is 1.70. The Hall–Kier alpha value is -3.26. The molecular weight excluding hydrogens is 314 g/mol. The predicted molar refractivity (Wildman–Crippen MR) is 94.7 cm³/mol. The second-order valence-electron chi connectivity index (χ2n) is 5.79. The van der Waals surface area contributed by atoms with Crippen LogP contribution in [0.5, 0.6) is 0 Å². The first-order valence-electron chi connectivity index (χ1n) is 8.12. The average molecular weight is 331 g/mol. The van der Waals surface area contributed by atoms with Crippen molar-refractivity contribution < 1.29 is 9.59 Å². The van der Waals surface area contributed by atoms with Gasteiger partial charge in [-0.25, -0.2) is 0 Å². The van der Waals surface area contributed by atoms with E-state index in [0.717, 1.165) is 24.2 Å². The molecular formula is C20H17N3O2. The summed E-state index contributed by atoms with van der Waals surface area (Å²) < 4.78 is 0. The Labute approximate surface area is 146 Å². The van der Waals surface area contributed by atoms with E-state index in [9.17, 15) is 14.9 Å². The molecule has 0 bridgehead atoms. The summed E-state index contributed by atoms with van der Waals surface area (Å²) in [7, 11) is 0. The van der Waals surface area contributed by atoms with E-state index in [1.54, 1.807) is 35.4 Å². The smallest absolute Gasteiger partial charge is 0.227 e. The van der Waals surface area contributed by atoms with Crippen molar-refractivity contribution in [2.24, 2.45) is 0 Å². The molecule has 1 aliphatic heterocycles. The summed E-state index contributed by atoms with van der Waals surface area (Å²) in [6.45, 7) is 0.750. The number of benzene rings is 1. The van der Waals surface area contributed by atoms with Crippen LogP contribution in [0, 0.1) is 11.3 Å². The van der Waals surface area contributed by atoms with Gasteiger partial charge < -0.3 is 4.90 Å². The van der Waals surface area contributed by atoms with Gasteiger partial charge in [-0.15, -0.1) is 0 Å². The van der Waals surface area contributed by atoms with Crippen LogP contribution in [-0.2, 0) is 9.59 Å². The zero-order valence-corrected chi connectivity index (χ0v) is 13.6. The monoisotopic (exact) mass is 331 g/mol. The molecule has 5 nitrogen and oxygen atoms in total. The number of nitrogens with zero attached hydrogens (tertiary/aromatic N) is 3. The van der Waals surface area contributed by atoms with Crippen molar-refractivity contribution in [1.29, 1.82) is 5.26 Å². The fraction of sp³-hybridized carbons (Fsp3) is 0.200. The molecule has 1 saturated heterocycles. The highest BCUT2D eigenvalue weighted by atomic mass is 16.2. The van der Waals surface area contributed by atoms with Crippen molar-refractivity contribution in [3.8, 4) is 6.07 Å². The largest absolute Gasteiger partial charge is 0.312 e. The van der Waals surface area contributed by atoms with Gasteiger partial charge in [0.25, 0.3) is 0 Å². The lowest BCUT2D eigenvalue weighted by atomic mass is 10.00. The lowest BCUT2D eigenvalue weighted by Gasteiger charge is -2.15. The Morgan fingerprint density at radius 2 is 2.04 bits per heavy atom. The van der Waals surface area contributed by atoms with E-state index in [1.807, 2.05) is 30.3 Å². The van der Waals surface area contributed by atoms with Crippen LogP contribution < -0.4 is 4.90 Å². The molecule has 3 rings (SSSR count). The van der Waals surface area contributed by atoms with Gasteiger partial charge in [-0.05, 0) is 42.3 Å². The van der Waals surface area contributed by atoms with Crippen molar-refractivity contribution >= 4 is 23.5 Å². The maximum Gasteiger partial charge on any atom is 0.227 e. The molecule has 2 aromatic rings. The van der Waals surface area contributed by atoms with Crippen LogP contribution in [0.4, 0.5) is 5.69 Å². The third-order valence-electron chi connectivity index (χ3n) is 4.12. The SMILES string of the molecule is N#CC(C(=O)/C=C/c1ccc(N2CCCC2=O)cc1)c1ccccn1. The normalized spacial score (nSPS) is 15.3. The lowest BCUT2D eigenvalue weighted by Crippen LogP contribution is -2.23. The van der Waals surface area contributed by atoms with Crippen molar-refractivity contribution in [3.05, 3.63) is 66.0 Å². The number of ketones is 1. The van der Waals surface area contributed by atoms with Crippen molar-refractivity contribution in [1.82, 2.24) is 4.98 Å². The average Bonchev–Trinajstić information content (AvgIpc) is 3.08. The van der Waals surface area contributed by atoms with Gasteiger partial charge in [0, 0.05) is 24.8 Å². The lowest BCUT2D eigenvalue weighted by molar-refractivity contribution is -0.117. The van der Waals surface area contributed by atoms with Gasteiger partial charge in [-0.1, -0.05) is 24.3 Å². The molecule has 1 aliphatic rings. The first-order valence-corrected chi connectivity index (χ1v) is 8.12. The van der Waals surface area contributed by atoms with Crippen LogP contribution in [0.15, 0.2) is 54.7 Å². The molecule has 2 heterocycles. The molecule has 1 fully saturated rings. The molecule has 5 heteroatoms. The minimum atomic E-state index is -0.904. The number of nitriles is 1. The van der Waals surface area contributed by atoms with Gasteiger partial charge in [-0.2, -0.15) is 5.26 Å². The standard InChI is InChI=1S/C20H17N3O2/c21-14-17(18-4-1-2-12-22-18)19(24)11-8-15-6-9-16(10-7-15)23-13-3-5-20(23)25/h1-2,4,6-12,17H,3,5,13H2/b11-8+. The zero-order valence-electron chi connectivity index (χ0n) is 13.6. The number of pyridine rings is 1. The number of carbonyl (C=O) groups excluding carboxylic acids is 2. The molecule has 0 aliphatic carbocycles. The second kappa shape index (κ2) is 7.54. The molecule has 1 aromatic heterocycles. The summed E-state index contributed by atoms with van der Waals surface area (Å²) in [5.41, 5.74) is 2.15. The van der Waals surface area contributed by atoms with Crippen LogP contribution in [0.3, 0.4) is 0 Å². The van der Waals surface area contributed by atoms with Crippen LogP contribution in [-0.4, -0.2) is 23.2 Å². The number of rotatable bonds is 5. The van der Waals surface area contributed by atoms with E-state index < -0.39 is 5.92 Å². The number of aromatic nitrogens is 1. The fourth-order valence-corrected chi connectivity index (χ4v) is 2.78. The first kappa shape index (κ1) is 16.6. The number of amides is 1. The molecule has 1 aromatic carbocycles. The van der Waals surface area contributed by atoms with Crippen LogP contribution >= 0.6 is 0 Å². The minimum absolute atomic E-state index is 0.144. The van der Waals surface area contributed by atoms with Crippen molar-refractivity contribution in [2.45, 2.75) is 18.8 Å². The summed E-state index contributed by atoms with van der Waals surface area (Å²) in [6.07, 6.45) is 6.12. The molecule has 1 amide bonds. The number of carbonyl (C=O) groups is 2. The molecule has 0 radical (unpaired) electrons. The number of hydrogen-bond donors (Lipinski definition) is 0. The highest BCUT2D eigenvalue weighted by molar-refractivity contribution is 6.00. The maximum atomic E-state index is 12.3. The topological polar surface area (TPSA) is 74.1 Å². The van der Waals surface area contributed by atoms with E-state index in [4.69, 9.17) is 0 Å². The second-order valence-corrected chi connectivity index (χ2v) is 5.79. The van der Waals surface area contributed by atoms with Gasteiger partial charge in [0.2, 0.25) is 5.91 Å². The van der Waals surface area contributed by atoms with Gasteiger partial charge >= 0.3 is 0 Å². The molecule has 124 valence electrons. The molecule has 0 N–H and O–H groups in total. The molecule has 0 spiro atoms. The third kappa shape index (κ3) is 3.81. The fourth-order valence-electron chi connectivity index (χ4n) is 2.78. The van der Waals surface area contributed by atoms with E-state index in [2.05, 4.69) is 4.98 Å². The zero-order chi connectivity index (χ0) is 17.6. The van der Waals surface area contributed by atoms with Gasteiger partial charge in [0.05, 0.1) is 11.8 Å². The minimum Gasteiger partial charge on any atom is -0.312 e. The molecule has 1 unspecified atom stereocenters. The summed E-state index contributed by atoms with van der Waals surface area (Å²) in [6, 6.07) is 14.6. The number of allylic oxidation sites excluding steroid dienone is 1. The van der Waals surface area contributed by atoms with Crippen LogP contribution in [0.1, 0.15) is 30.0 Å². The highest BCUT2D eigenvalue weighted by Crippen LogP contribution is 2.22. The van der Waals surface area contributed by atoms with E-state index in [0.29, 0.717) is 12.1 Å². The summed E-state index contributed by atoms with van der Waals surface area (Å²) in [5, 5.41) is 9.25. The summed E-state index contributed by atoms with van der Waals surface area (Å²) in [4.78, 5) is 29.9. The number of hydrogen-bond acceptors (Lipinski definition) is 4. The van der Waals surface area contributed by atoms with E-state index >= 15 is 0 Å². The predicted octanol–water partition coefficient (Wildman–Crippen LogP) is 3.10. The third-order valence-corrected chi connectivity index (χ3v) is 4.12. The molecule has 25 heavy (non-hydrogen) atoms. The van der Waals surface area contributed by atoms with E-state index in [-0.39, 0.29) is 11.7 Å². The maximum absolute atomic E-state index is 12.3. The Morgan fingerprint density at radius 1 is 1.24 bits per heavy atom. The Morgan fingerprint density at radius 3 is 2.64 bits per heavy atom. The van der Waals surface area contributed by atoms with Crippen molar-refractivity contribution in [3.63, 3.8) is 0 Å².